The number of amides is 1. The van der Waals surface area contributed by atoms with Crippen molar-refractivity contribution in [3.8, 4) is 5.75 Å². The minimum absolute atomic E-state index is 0.0104. The van der Waals surface area contributed by atoms with Crippen LogP contribution in [0, 0.1) is 6.92 Å². The van der Waals surface area contributed by atoms with E-state index in [1.54, 1.807) is 30.0 Å². The monoisotopic (exact) mass is 479 g/mol. The van der Waals surface area contributed by atoms with E-state index in [1.165, 1.54) is 11.6 Å². The lowest BCUT2D eigenvalue weighted by Crippen LogP contribution is -2.14. The topological polar surface area (TPSA) is 38.3 Å². The van der Waals surface area contributed by atoms with Gasteiger partial charge in [-0.05, 0) is 62.4 Å². The Morgan fingerprint density at radius 2 is 1.78 bits per heavy atom. The van der Waals surface area contributed by atoms with Crippen LogP contribution in [0.25, 0.3) is 0 Å². The van der Waals surface area contributed by atoms with Crippen LogP contribution >= 0.6 is 23.4 Å². The first-order valence-electron chi connectivity index (χ1n) is 9.80. The van der Waals surface area contributed by atoms with Crippen molar-refractivity contribution in [1.82, 2.24) is 0 Å². The number of carbonyl (C=O) groups excluding carboxylic acids is 1. The Bertz CT molecular complexity index is 1100. The normalized spacial score (nSPS) is 11.3. The first-order chi connectivity index (χ1) is 15.2. The molecule has 0 fully saturated rings. The highest BCUT2D eigenvalue weighted by Gasteiger charge is 2.33. The fourth-order valence-electron chi connectivity index (χ4n) is 2.95. The van der Waals surface area contributed by atoms with Gasteiger partial charge in [0.25, 0.3) is 5.91 Å². The van der Waals surface area contributed by atoms with Crippen LogP contribution in [0.4, 0.5) is 18.9 Å². The molecule has 0 heterocycles. The van der Waals surface area contributed by atoms with E-state index < -0.39 is 22.7 Å². The van der Waals surface area contributed by atoms with Crippen LogP contribution in [0.15, 0.2) is 65.6 Å². The summed E-state index contributed by atoms with van der Waals surface area (Å²) in [5.74, 6) is 0.707. The molecule has 1 N–H and O–H groups in total. The molecule has 32 heavy (non-hydrogen) atoms. The molecule has 0 radical (unpaired) electrons. The second-order valence-corrected chi connectivity index (χ2v) is 8.46. The van der Waals surface area contributed by atoms with Crippen molar-refractivity contribution in [2.24, 2.45) is 0 Å². The second kappa shape index (κ2) is 10.3. The lowest BCUT2D eigenvalue weighted by Gasteiger charge is -2.14. The van der Waals surface area contributed by atoms with Gasteiger partial charge in [0.15, 0.2) is 0 Å². The summed E-state index contributed by atoms with van der Waals surface area (Å²) in [6.07, 6.45) is -4.61. The molecular formula is C24H21ClF3NO2S. The quantitative estimate of drug-likeness (QED) is 0.354. The standard InChI is InChI=1S/C24H21ClF3NO2S/c1-3-31-22-11-6-16(12-17(22)14-32-19-8-4-15(2)5-9-19)23(30)29-18-7-10-21(25)20(13-18)24(26,27)28/h4-13H,3,14H2,1-2H3,(H,29,30). The molecule has 0 unspecified atom stereocenters. The van der Waals surface area contributed by atoms with Crippen LogP contribution in [-0.2, 0) is 11.9 Å². The van der Waals surface area contributed by atoms with Gasteiger partial charge in [-0.15, -0.1) is 11.8 Å². The van der Waals surface area contributed by atoms with Crippen molar-refractivity contribution in [1.29, 1.82) is 0 Å². The third-order valence-corrected chi connectivity index (χ3v) is 5.96. The van der Waals surface area contributed by atoms with Crippen LogP contribution in [-0.4, -0.2) is 12.5 Å². The summed E-state index contributed by atoms with van der Waals surface area (Å²) in [4.78, 5) is 13.8. The molecule has 0 aliphatic heterocycles. The summed E-state index contributed by atoms with van der Waals surface area (Å²) >= 11 is 7.25. The number of anilines is 1. The summed E-state index contributed by atoms with van der Waals surface area (Å²) in [6, 6.07) is 16.3. The molecule has 3 rings (SSSR count). The van der Waals surface area contributed by atoms with E-state index in [-0.39, 0.29) is 5.69 Å². The molecule has 0 aliphatic rings. The number of rotatable bonds is 7. The smallest absolute Gasteiger partial charge is 0.417 e. The van der Waals surface area contributed by atoms with E-state index in [0.29, 0.717) is 23.7 Å². The molecule has 0 saturated carbocycles. The Morgan fingerprint density at radius 1 is 1.06 bits per heavy atom. The Balaban J connectivity index is 1.80. The summed E-state index contributed by atoms with van der Waals surface area (Å²) in [5, 5.41) is 2.09. The molecule has 0 atom stereocenters. The predicted octanol–water partition coefficient (Wildman–Crippen LogP) is 7.61. The van der Waals surface area contributed by atoms with Crippen LogP contribution in [0.1, 0.15) is 34.0 Å². The summed E-state index contributed by atoms with van der Waals surface area (Å²) in [7, 11) is 0. The maximum absolute atomic E-state index is 13.1. The highest BCUT2D eigenvalue weighted by Crippen LogP contribution is 2.36. The molecule has 3 aromatic carbocycles. The number of halogens is 4. The van der Waals surface area contributed by atoms with Crippen molar-refractivity contribution >= 4 is 35.0 Å². The van der Waals surface area contributed by atoms with Gasteiger partial charge in [0.2, 0.25) is 0 Å². The molecule has 0 bridgehead atoms. The Hall–Kier alpha value is -2.64. The number of carbonyl (C=O) groups is 1. The first kappa shape index (κ1) is 24.0. The average Bonchev–Trinajstić information content (AvgIpc) is 2.75. The van der Waals surface area contributed by atoms with E-state index in [2.05, 4.69) is 5.32 Å². The van der Waals surface area contributed by atoms with Gasteiger partial charge in [-0.25, -0.2) is 0 Å². The lowest BCUT2D eigenvalue weighted by atomic mass is 10.1. The zero-order valence-electron chi connectivity index (χ0n) is 17.4. The maximum Gasteiger partial charge on any atom is 0.417 e. The molecule has 0 saturated heterocycles. The number of ether oxygens (including phenoxy) is 1. The number of nitrogens with one attached hydrogen (secondary N) is 1. The summed E-state index contributed by atoms with van der Waals surface area (Å²) in [6.45, 7) is 4.36. The predicted molar refractivity (Wildman–Crippen MR) is 123 cm³/mol. The maximum atomic E-state index is 13.1. The van der Waals surface area contributed by atoms with Crippen molar-refractivity contribution in [3.63, 3.8) is 0 Å². The van der Waals surface area contributed by atoms with E-state index in [0.717, 1.165) is 22.6 Å². The molecule has 0 aromatic heterocycles. The lowest BCUT2D eigenvalue weighted by molar-refractivity contribution is -0.137. The zero-order chi connectivity index (χ0) is 23.3. The average molecular weight is 480 g/mol. The molecule has 168 valence electrons. The van der Waals surface area contributed by atoms with Crippen molar-refractivity contribution < 1.29 is 22.7 Å². The number of alkyl halides is 3. The fourth-order valence-corrected chi connectivity index (χ4v) is 4.05. The minimum Gasteiger partial charge on any atom is -0.494 e. The van der Waals surface area contributed by atoms with E-state index >= 15 is 0 Å². The molecular weight excluding hydrogens is 459 g/mol. The van der Waals surface area contributed by atoms with Crippen LogP contribution in [0.5, 0.6) is 5.75 Å². The van der Waals surface area contributed by atoms with Gasteiger partial charge >= 0.3 is 6.18 Å². The number of benzene rings is 3. The fraction of sp³-hybridized carbons (Fsp3) is 0.208. The van der Waals surface area contributed by atoms with Crippen LogP contribution in [0.3, 0.4) is 0 Å². The van der Waals surface area contributed by atoms with Gasteiger partial charge in [-0.2, -0.15) is 13.2 Å². The molecule has 0 spiro atoms. The Morgan fingerprint density at radius 3 is 2.44 bits per heavy atom. The highest BCUT2D eigenvalue weighted by molar-refractivity contribution is 7.98. The molecule has 3 aromatic rings. The number of hydrogen-bond donors (Lipinski definition) is 1. The van der Waals surface area contributed by atoms with Crippen molar-refractivity contribution in [2.45, 2.75) is 30.7 Å². The number of hydrogen-bond acceptors (Lipinski definition) is 3. The van der Waals surface area contributed by atoms with Crippen molar-refractivity contribution in [2.75, 3.05) is 11.9 Å². The van der Waals surface area contributed by atoms with Gasteiger partial charge in [0.1, 0.15) is 5.75 Å². The zero-order valence-corrected chi connectivity index (χ0v) is 19.0. The largest absolute Gasteiger partial charge is 0.494 e. The van der Waals surface area contributed by atoms with Gasteiger partial charge in [0, 0.05) is 27.5 Å². The van der Waals surface area contributed by atoms with Crippen molar-refractivity contribution in [3.05, 3.63) is 87.9 Å². The minimum atomic E-state index is -4.61. The molecule has 3 nitrogen and oxygen atoms in total. The van der Waals surface area contributed by atoms with Crippen LogP contribution in [0.2, 0.25) is 5.02 Å². The third-order valence-electron chi connectivity index (χ3n) is 4.57. The van der Waals surface area contributed by atoms with Gasteiger partial charge in [0.05, 0.1) is 17.2 Å². The Kier molecular flexibility index (Phi) is 7.74. The summed E-state index contributed by atoms with van der Waals surface area (Å²) < 4.78 is 45.0. The van der Waals surface area contributed by atoms with E-state index in [4.69, 9.17) is 16.3 Å². The number of thioether (sulfide) groups is 1. The molecule has 8 heteroatoms. The highest BCUT2D eigenvalue weighted by atomic mass is 35.5. The number of aryl methyl sites for hydroxylation is 1. The Labute approximate surface area is 193 Å². The molecule has 0 aliphatic carbocycles. The van der Waals surface area contributed by atoms with Gasteiger partial charge in [-0.3, -0.25) is 4.79 Å². The van der Waals surface area contributed by atoms with Gasteiger partial charge in [-0.1, -0.05) is 29.3 Å². The third kappa shape index (κ3) is 6.20. The first-order valence-corrected chi connectivity index (χ1v) is 11.2. The second-order valence-electron chi connectivity index (χ2n) is 7.00. The van der Waals surface area contributed by atoms with E-state index in [9.17, 15) is 18.0 Å². The van der Waals surface area contributed by atoms with Gasteiger partial charge < -0.3 is 10.1 Å². The molecule has 1 amide bonds. The SMILES string of the molecule is CCOc1ccc(C(=O)Nc2ccc(Cl)c(C(F)(F)F)c2)cc1CSc1ccc(C)cc1. The van der Waals surface area contributed by atoms with E-state index in [1.807, 2.05) is 38.1 Å². The van der Waals surface area contributed by atoms with Crippen LogP contribution < -0.4 is 10.1 Å². The summed E-state index contributed by atoms with van der Waals surface area (Å²) in [5.41, 5.74) is 1.31.